The number of imide groups is 1. The summed E-state index contributed by atoms with van der Waals surface area (Å²) in [6, 6.07) is 17.3. The zero-order chi connectivity index (χ0) is 29.3. The Morgan fingerprint density at radius 1 is 1.00 bits per heavy atom. The van der Waals surface area contributed by atoms with Crippen molar-refractivity contribution in [1.82, 2.24) is 9.47 Å². The third kappa shape index (κ3) is 6.13. The number of fused-ring (bicyclic) bond motifs is 1. The van der Waals surface area contributed by atoms with Crippen LogP contribution in [0.15, 0.2) is 71.8 Å². The third-order valence-corrected chi connectivity index (χ3v) is 8.12. The normalized spacial score (nSPS) is 14.2. The Labute approximate surface area is 253 Å². The van der Waals surface area contributed by atoms with Gasteiger partial charge < -0.3 is 14.6 Å². The van der Waals surface area contributed by atoms with Crippen LogP contribution in [0, 0.1) is 0 Å². The van der Waals surface area contributed by atoms with Gasteiger partial charge in [-0.05, 0) is 59.8 Å². The highest BCUT2D eigenvalue weighted by molar-refractivity contribution is 8.18. The molecule has 0 radical (unpaired) electrons. The summed E-state index contributed by atoms with van der Waals surface area (Å²) in [6.07, 6.45) is 3.53. The Hall–Kier alpha value is -3.76. The number of methoxy groups -OCH3 is 1. The van der Waals surface area contributed by atoms with Gasteiger partial charge in [0, 0.05) is 44.9 Å². The maximum atomic E-state index is 13.2. The summed E-state index contributed by atoms with van der Waals surface area (Å²) in [5.74, 6) is -1.87. The van der Waals surface area contributed by atoms with E-state index in [2.05, 4.69) is 10.1 Å². The fourth-order valence-corrected chi connectivity index (χ4v) is 5.84. The van der Waals surface area contributed by atoms with E-state index in [-0.39, 0.29) is 21.2 Å². The summed E-state index contributed by atoms with van der Waals surface area (Å²) in [7, 11) is 1.21. The number of amides is 3. The van der Waals surface area contributed by atoms with Crippen LogP contribution in [-0.4, -0.2) is 46.1 Å². The molecular weight excluding hydrogens is 609 g/mol. The number of halogens is 3. The molecule has 1 aliphatic heterocycles. The van der Waals surface area contributed by atoms with Crippen molar-refractivity contribution in [3.05, 3.63) is 104 Å². The minimum Gasteiger partial charge on any atom is -0.465 e. The van der Waals surface area contributed by atoms with Gasteiger partial charge in [0.2, 0.25) is 5.91 Å². The van der Waals surface area contributed by atoms with E-state index < -0.39 is 29.6 Å². The van der Waals surface area contributed by atoms with Gasteiger partial charge in [-0.1, -0.05) is 59.1 Å². The van der Waals surface area contributed by atoms with Crippen LogP contribution in [0.25, 0.3) is 17.0 Å². The topological polar surface area (TPSA) is 97.7 Å². The number of thioether (sulfide) groups is 1. The smallest absolute Gasteiger partial charge is 0.339 e. The predicted molar refractivity (Wildman–Crippen MR) is 162 cm³/mol. The number of aromatic nitrogens is 1. The highest BCUT2D eigenvalue weighted by atomic mass is 35.5. The first-order chi connectivity index (χ1) is 19.6. The van der Waals surface area contributed by atoms with Crippen LogP contribution in [0.2, 0.25) is 15.1 Å². The molecule has 3 amide bonds. The number of benzene rings is 3. The molecule has 208 valence electrons. The van der Waals surface area contributed by atoms with Gasteiger partial charge in [-0.15, -0.1) is 0 Å². The van der Waals surface area contributed by atoms with Crippen LogP contribution >= 0.6 is 46.6 Å². The molecule has 12 heteroatoms. The van der Waals surface area contributed by atoms with Crippen molar-refractivity contribution in [3.63, 3.8) is 0 Å². The van der Waals surface area contributed by atoms with E-state index >= 15 is 0 Å². The first-order valence-corrected chi connectivity index (χ1v) is 14.0. The highest BCUT2D eigenvalue weighted by Gasteiger charge is 2.36. The van der Waals surface area contributed by atoms with E-state index in [1.165, 1.54) is 25.3 Å². The lowest BCUT2D eigenvalue weighted by Gasteiger charge is -2.13. The maximum Gasteiger partial charge on any atom is 0.339 e. The molecule has 1 aliphatic rings. The number of carbonyl (C=O) groups excluding carboxylic acids is 4. The Morgan fingerprint density at radius 2 is 1.78 bits per heavy atom. The van der Waals surface area contributed by atoms with Crippen molar-refractivity contribution in [2.45, 2.75) is 6.54 Å². The minimum atomic E-state index is -0.667. The lowest BCUT2D eigenvalue weighted by Crippen LogP contribution is -2.36. The van der Waals surface area contributed by atoms with E-state index in [1.54, 1.807) is 18.2 Å². The highest BCUT2D eigenvalue weighted by Crippen LogP contribution is 2.35. The van der Waals surface area contributed by atoms with Crippen LogP contribution in [0.3, 0.4) is 0 Å². The van der Waals surface area contributed by atoms with Gasteiger partial charge >= 0.3 is 5.97 Å². The fourth-order valence-electron chi connectivity index (χ4n) is 4.35. The number of nitrogens with one attached hydrogen (secondary N) is 1. The summed E-state index contributed by atoms with van der Waals surface area (Å²) >= 11 is 19.2. The van der Waals surface area contributed by atoms with Crippen LogP contribution in [0.1, 0.15) is 21.5 Å². The van der Waals surface area contributed by atoms with Gasteiger partial charge in [0.25, 0.3) is 11.1 Å². The van der Waals surface area contributed by atoms with Crippen molar-refractivity contribution >= 4 is 92.3 Å². The molecule has 4 aromatic rings. The van der Waals surface area contributed by atoms with Crippen LogP contribution < -0.4 is 5.32 Å². The standard InChI is InChI=1S/C29H20Cl3N3O5S/c1-40-28(38)21-12-19(8-9-22(21)31)33-26(36)15-35-27(37)25(41-29(35)39)10-17-14-34(24-5-3-2-4-20(17)24)13-16-6-7-18(30)11-23(16)32/h2-12,14H,13,15H2,1H3,(H,33,36)/b25-10+. The van der Waals surface area contributed by atoms with Crippen LogP contribution in [-0.2, 0) is 20.9 Å². The molecule has 2 heterocycles. The molecule has 0 spiro atoms. The fraction of sp³-hybridized carbons (Fsp3) is 0.103. The van der Waals surface area contributed by atoms with Crippen LogP contribution in [0.5, 0.6) is 0 Å². The lowest BCUT2D eigenvalue weighted by molar-refractivity contribution is -0.127. The third-order valence-electron chi connectivity index (χ3n) is 6.29. The van der Waals surface area contributed by atoms with Crippen molar-refractivity contribution in [1.29, 1.82) is 0 Å². The van der Waals surface area contributed by atoms with Crippen molar-refractivity contribution < 1.29 is 23.9 Å². The average Bonchev–Trinajstić information content (AvgIpc) is 3.42. The Balaban J connectivity index is 1.35. The van der Waals surface area contributed by atoms with Gasteiger partial charge in [0.1, 0.15) is 6.54 Å². The van der Waals surface area contributed by atoms with Gasteiger partial charge in [-0.2, -0.15) is 0 Å². The number of carbonyl (C=O) groups is 4. The van der Waals surface area contributed by atoms with E-state index in [4.69, 9.17) is 34.8 Å². The number of hydrogen-bond donors (Lipinski definition) is 1. The van der Waals surface area contributed by atoms with Crippen molar-refractivity contribution in [2.75, 3.05) is 19.0 Å². The Morgan fingerprint density at radius 3 is 2.54 bits per heavy atom. The second kappa shape index (κ2) is 12.0. The second-order valence-corrected chi connectivity index (χ2v) is 11.2. The molecule has 0 unspecified atom stereocenters. The predicted octanol–water partition coefficient (Wildman–Crippen LogP) is 7.11. The quantitative estimate of drug-likeness (QED) is 0.173. The first-order valence-electron chi connectivity index (χ1n) is 12.1. The van der Waals surface area contributed by atoms with E-state index in [0.29, 0.717) is 16.6 Å². The molecule has 0 aliphatic carbocycles. The number of hydrogen-bond acceptors (Lipinski definition) is 6. The summed E-state index contributed by atoms with van der Waals surface area (Å²) in [6.45, 7) is -0.0383. The second-order valence-electron chi connectivity index (χ2n) is 8.97. The molecule has 0 atom stereocenters. The van der Waals surface area contributed by atoms with Crippen LogP contribution in [0.4, 0.5) is 10.5 Å². The number of para-hydroxylation sites is 1. The molecule has 8 nitrogen and oxygen atoms in total. The van der Waals surface area contributed by atoms with Crippen molar-refractivity contribution in [2.24, 2.45) is 0 Å². The van der Waals surface area contributed by atoms with Gasteiger partial charge in [0.15, 0.2) is 0 Å². The minimum absolute atomic E-state index is 0.0681. The summed E-state index contributed by atoms with van der Waals surface area (Å²) < 4.78 is 6.69. The number of anilines is 1. The maximum absolute atomic E-state index is 13.2. The Bertz CT molecular complexity index is 1770. The average molecular weight is 629 g/mol. The molecule has 3 aromatic carbocycles. The number of nitrogens with zero attached hydrogens (tertiary/aromatic N) is 2. The SMILES string of the molecule is COC(=O)c1cc(NC(=O)CN2C(=O)S/C(=C/c3cn(Cc4ccc(Cl)cc4Cl)c4ccccc34)C2=O)ccc1Cl. The number of rotatable bonds is 7. The van der Waals surface area contributed by atoms with E-state index in [1.807, 2.05) is 41.1 Å². The number of esters is 1. The summed E-state index contributed by atoms with van der Waals surface area (Å²) in [5.41, 5.74) is 2.85. The molecule has 0 saturated carbocycles. The first kappa shape index (κ1) is 28.8. The largest absolute Gasteiger partial charge is 0.465 e. The van der Waals surface area contributed by atoms with E-state index in [9.17, 15) is 19.2 Å². The molecule has 1 saturated heterocycles. The molecule has 1 N–H and O–H groups in total. The summed E-state index contributed by atoms with van der Waals surface area (Å²) in [4.78, 5) is 51.5. The Kier molecular flexibility index (Phi) is 8.42. The van der Waals surface area contributed by atoms with Crippen molar-refractivity contribution in [3.8, 4) is 0 Å². The van der Waals surface area contributed by atoms with Gasteiger partial charge in [-0.25, -0.2) is 4.79 Å². The molecule has 1 aromatic heterocycles. The lowest BCUT2D eigenvalue weighted by atomic mass is 10.1. The van der Waals surface area contributed by atoms with Gasteiger partial charge in [0.05, 0.1) is 22.6 Å². The van der Waals surface area contributed by atoms with E-state index in [0.717, 1.165) is 38.7 Å². The molecular formula is C29H20Cl3N3O5S. The zero-order valence-corrected chi connectivity index (χ0v) is 24.4. The monoisotopic (exact) mass is 627 g/mol. The van der Waals surface area contributed by atoms with Gasteiger partial charge in [-0.3, -0.25) is 19.3 Å². The summed E-state index contributed by atoms with van der Waals surface area (Å²) in [5, 5.41) is 4.12. The molecule has 5 rings (SSSR count). The molecule has 0 bridgehead atoms. The number of ether oxygens (including phenoxy) is 1. The molecule has 1 fully saturated rings. The zero-order valence-electron chi connectivity index (χ0n) is 21.3. The molecule has 41 heavy (non-hydrogen) atoms.